The van der Waals surface area contributed by atoms with Crippen LogP contribution >= 0.6 is 11.3 Å². The molecular weight excluding hydrogens is 322 g/mol. The van der Waals surface area contributed by atoms with Crippen LogP contribution in [-0.4, -0.2) is 41.3 Å². The number of amides is 2. The van der Waals surface area contributed by atoms with Crippen LogP contribution in [0.4, 0.5) is 5.13 Å². The van der Waals surface area contributed by atoms with Crippen LogP contribution in [0.25, 0.3) is 0 Å². The fourth-order valence-electron chi connectivity index (χ4n) is 3.51. The molecule has 0 saturated carbocycles. The molecule has 1 fully saturated rings. The first-order valence-electron chi connectivity index (χ1n) is 8.76. The van der Waals surface area contributed by atoms with Crippen molar-refractivity contribution < 1.29 is 9.59 Å². The van der Waals surface area contributed by atoms with Crippen molar-refractivity contribution in [3.05, 3.63) is 23.2 Å². The van der Waals surface area contributed by atoms with Gasteiger partial charge in [-0.05, 0) is 38.5 Å². The number of hydrogen-bond donors (Lipinski definition) is 0. The summed E-state index contributed by atoms with van der Waals surface area (Å²) < 4.78 is 0. The van der Waals surface area contributed by atoms with E-state index in [1.54, 1.807) is 29.2 Å². The van der Waals surface area contributed by atoms with Gasteiger partial charge in [-0.25, -0.2) is 4.98 Å². The molecular formula is C18H25N3O2S. The lowest BCUT2D eigenvalue weighted by atomic mass is 9.95. The van der Waals surface area contributed by atoms with Crippen molar-refractivity contribution in [1.29, 1.82) is 0 Å². The molecule has 1 saturated heterocycles. The van der Waals surface area contributed by atoms with Gasteiger partial charge in [-0.2, -0.15) is 0 Å². The number of fused-ring (bicyclic) bond motifs is 1. The van der Waals surface area contributed by atoms with Crippen molar-refractivity contribution in [2.45, 2.75) is 45.4 Å². The minimum Gasteiger partial charge on any atom is -0.343 e. The van der Waals surface area contributed by atoms with Crippen LogP contribution in [0.3, 0.4) is 0 Å². The summed E-state index contributed by atoms with van der Waals surface area (Å²) in [5.74, 6) is 0.196. The highest BCUT2D eigenvalue weighted by molar-refractivity contribution is 7.16. The second-order valence-corrected chi connectivity index (χ2v) is 7.65. The molecule has 1 aliphatic heterocycles. The maximum absolute atomic E-state index is 13.0. The Balaban J connectivity index is 1.73. The summed E-state index contributed by atoms with van der Waals surface area (Å²) in [7, 11) is 0. The van der Waals surface area contributed by atoms with Crippen molar-refractivity contribution in [3.63, 3.8) is 0 Å². The van der Waals surface area contributed by atoms with Gasteiger partial charge in [0.15, 0.2) is 5.13 Å². The van der Waals surface area contributed by atoms with Gasteiger partial charge in [0, 0.05) is 37.4 Å². The molecule has 1 aromatic heterocycles. The third-order valence-corrected chi connectivity index (χ3v) is 6.11. The number of aromatic nitrogens is 1. The van der Waals surface area contributed by atoms with Gasteiger partial charge in [-0.15, -0.1) is 17.9 Å². The van der Waals surface area contributed by atoms with Crippen LogP contribution in [0.2, 0.25) is 0 Å². The van der Waals surface area contributed by atoms with Crippen LogP contribution in [0.5, 0.6) is 0 Å². The van der Waals surface area contributed by atoms with Crippen LogP contribution in [0, 0.1) is 5.92 Å². The molecule has 2 amide bonds. The van der Waals surface area contributed by atoms with Crippen molar-refractivity contribution in [1.82, 2.24) is 9.88 Å². The van der Waals surface area contributed by atoms with Gasteiger partial charge < -0.3 is 4.90 Å². The van der Waals surface area contributed by atoms with Crippen molar-refractivity contribution in [2.75, 3.05) is 24.5 Å². The predicted octanol–water partition coefficient (Wildman–Crippen LogP) is 2.80. The quantitative estimate of drug-likeness (QED) is 0.787. The molecule has 0 bridgehead atoms. The van der Waals surface area contributed by atoms with E-state index in [1.807, 2.05) is 4.90 Å². The van der Waals surface area contributed by atoms with Crippen molar-refractivity contribution >= 4 is 28.3 Å². The summed E-state index contributed by atoms with van der Waals surface area (Å²) in [6.45, 7) is 7.23. The molecule has 2 aliphatic rings. The first kappa shape index (κ1) is 17.1. The monoisotopic (exact) mass is 347 g/mol. The van der Waals surface area contributed by atoms with Gasteiger partial charge >= 0.3 is 0 Å². The highest BCUT2D eigenvalue weighted by Gasteiger charge is 2.31. The number of anilines is 1. The Labute approximate surface area is 147 Å². The minimum absolute atomic E-state index is 0.0264. The summed E-state index contributed by atoms with van der Waals surface area (Å²) in [5.41, 5.74) is 1.18. The summed E-state index contributed by atoms with van der Waals surface area (Å²) in [6.07, 6.45) is 7.75. The average Bonchev–Trinajstić information content (AvgIpc) is 3.03. The van der Waals surface area contributed by atoms with E-state index in [4.69, 9.17) is 4.98 Å². The van der Waals surface area contributed by atoms with Crippen molar-refractivity contribution in [3.8, 4) is 0 Å². The van der Waals surface area contributed by atoms with Gasteiger partial charge in [-0.1, -0.05) is 6.08 Å². The molecule has 3 rings (SSSR count). The first-order chi connectivity index (χ1) is 11.6. The molecule has 0 aromatic carbocycles. The number of piperidine rings is 1. The SMILES string of the molecule is C=CCN(C(=O)C1CCN(C(C)=O)CC1)c1nc2c(s1)CCCC2. The fraction of sp³-hybridized carbons (Fsp3) is 0.611. The van der Waals surface area contributed by atoms with E-state index < -0.39 is 0 Å². The van der Waals surface area contributed by atoms with E-state index >= 15 is 0 Å². The van der Waals surface area contributed by atoms with Crippen LogP contribution in [0.15, 0.2) is 12.7 Å². The Bertz CT molecular complexity index is 609. The number of carbonyl (C=O) groups excluding carboxylic acids is 2. The Morgan fingerprint density at radius 1 is 1.33 bits per heavy atom. The largest absolute Gasteiger partial charge is 0.343 e. The topological polar surface area (TPSA) is 53.5 Å². The fourth-order valence-corrected chi connectivity index (χ4v) is 4.67. The molecule has 1 aliphatic carbocycles. The number of likely N-dealkylation sites (tertiary alicyclic amines) is 1. The second-order valence-electron chi connectivity index (χ2n) is 6.59. The average molecular weight is 347 g/mol. The second kappa shape index (κ2) is 7.47. The Morgan fingerprint density at radius 3 is 2.67 bits per heavy atom. The summed E-state index contributed by atoms with van der Waals surface area (Å²) in [5, 5.41) is 0.820. The summed E-state index contributed by atoms with van der Waals surface area (Å²) in [6, 6.07) is 0. The van der Waals surface area contributed by atoms with E-state index in [-0.39, 0.29) is 17.7 Å². The van der Waals surface area contributed by atoms with E-state index in [9.17, 15) is 9.59 Å². The van der Waals surface area contributed by atoms with Crippen molar-refractivity contribution in [2.24, 2.45) is 5.92 Å². The lowest BCUT2D eigenvalue weighted by Crippen LogP contribution is -2.44. The predicted molar refractivity (Wildman–Crippen MR) is 96.3 cm³/mol. The molecule has 0 radical (unpaired) electrons. The Kier molecular flexibility index (Phi) is 5.33. The maximum Gasteiger partial charge on any atom is 0.232 e. The molecule has 2 heterocycles. The molecule has 0 unspecified atom stereocenters. The zero-order valence-electron chi connectivity index (χ0n) is 14.3. The van der Waals surface area contributed by atoms with E-state index in [2.05, 4.69) is 6.58 Å². The molecule has 0 atom stereocenters. The van der Waals surface area contributed by atoms with Gasteiger partial charge in [0.25, 0.3) is 0 Å². The molecule has 130 valence electrons. The molecule has 24 heavy (non-hydrogen) atoms. The third-order valence-electron chi connectivity index (χ3n) is 4.93. The van der Waals surface area contributed by atoms with E-state index in [0.717, 1.165) is 30.8 Å². The number of thiazole rings is 1. The van der Waals surface area contributed by atoms with Gasteiger partial charge in [0.1, 0.15) is 0 Å². The zero-order valence-corrected chi connectivity index (χ0v) is 15.1. The highest BCUT2D eigenvalue weighted by Crippen LogP contribution is 2.33. The Hall–Kier alpha value is -1.69. The molecule has 6 heteroatoms. The van der Waals surface area contributed by atoms with E-state index in [1.165, 1.54) is 23.4 Å². The van der Waals surface area contributed by atoms with E-state index in [0.29, 0.717) is 19.6 Å². The number of carbonyl (C=O) groups is 2. The van der Waals surface area contributed by atoms with Crippen LogP contribution in [-0.2, 0) is 22.4 Å². The molecule has 5 nitrogen and oxygen atoms in total. The third kappa shape index (κ3) is 3.53. The van der Waals surface area contributed by atoms with Crippen LogP contribution < -0.4 is 4.90 Å². The lowest BCUT2D eigenvalue weighted by molar-refractivity contribution is -0.133. The molecule has 0 spiro atoms. The number of aryl methyl sites for hydroxylation is 2. The number of nitrogens with zero attached hydrogens (tertiary/aromatic N) is 3. The maximum atomic E-state index is 13.0. The normalized spacial score (nSPS) is 18.1. The summed E-state index contributed by atoms with van der Waals surface area (Å²) in [4.78, 5) is 34.2. The van der Waals surface area contributed by atoms with Crippen LogP contribution in [0.1, 0.15) is 43.2 Å². The molecule has 1 aromatic rings. The molecule has 0 N–H and O–H groups in total. The lowest BCUT2D eigenvalue weighted by Gasteiger charge is -2.32. The zero-order chi connectivity index (χ0) is 17.1. The standard InChI is InChI=1S/C18H25N3O2S/c1-3-10-21(18-19-15-6-4-5-7-16(15)24-18)17(23)14-8-11-20(12-9-14)13(2)22/h3,14H,1,4-12H2,2H3. The smallest absolute Gasteiger partial charge is 0.232 e. The van der Waals surface area contributed by atoms with Gasteiger partial charge in [0.2, 0.25) is 11.8 Å². The Morgan fingerprint density at radius 2 is 2.04 bits per heavy atom. The van der Waals surface area contributed by atoms with Gasteiger partial charge in [-0.3, -0.25) is 14.5 Å². The first-order valence-corrected chi connectivity index (χ1v) is 9.58. The summed E-state index contributed by atoms with van der Waals surface area (Å²) >= 11 is 1.66. The van der Waals surface area contributed by atoms with Gasteiger partial charge in [0.05, 0.1) is 5.69 Å². The highest BCUT2D eigenvalue weighted by atomic mass is 32.1. The number of hydrogen-bond acceptors (Lipinski definition) is 4. The minimum atomic E-state index is -0.0264. The number of rotatable bonds is 4.